The van der Waals surface area contributed by atoms with Crippen LogP contribution >= 0.6 is 11.6 Å². The summed E-state index contributed by atoms with van der Waals surface area (Å²) >= 11 is 6.19. The van der Waals surface area contributed by atoms with Gasteiger partial charge in [-0.3, -0.25) is 29.3 Å². The fourth-order valence-corrected chi connectivity index (χ4v) is 7.27. The van der Waals surface area contributed by atoms with Crippen LogP contribution in [0.15, 0.2) is 83.5 Å². The average molecular weight is 806 g/mol. The molecule has 1 aromatic heterocycles. The highest BCUT2D eigenvalue weighted by Crippen LogP contribution is 2.37. The van der Waals surface area contributed by atoms with Gasteiger partial charge in [0, 0.05) is 68.3 Å². The van der Waals surface area contributed by atoms with Crippen molar-refractivity contribution in [3.63, 3.8) is 0 Å². The Morgan fingerprint density at radius 2 is 1.81 bits per heavy atom. The summed E-state index contributed by atoms with van der Waals surface area (Å²) in [7, 11) is 0. The van der Waals surface area contributed by atoms with Crippen LogP contribution in [-0.4, -0.2) is 104 Å². The van der Waals surface area contributed by atoms with Gasteiger partial charge in [-0.15, -0.1) is 0 Å². The van der Waals surface area contributed by atoms with Crippen LogP contribution in [0, 0.1) is 5.41 Å². The predicted octanol–water partition coefficient (Wildman–Crippen LogP) is 1.11. The van der Waals surface area contributed by atoms with Crippen molar-refractivity contribution in [1.29, 1.82) is 0 Å². The largest absolute Gasteiger partial charge is 0.469 e. The van der Waals surface area contributed by atoms with E-state index >= 15 is 0 Å². The molecule has 8 N–H and O–H groups in total. The SMILES string of the molecule is NCCOCCNC(=O)[C@@H]1CCNC(=O)/C=C/C(=O)N2CCC[C@@](Cc3ccc(Cl)cc3)(C2)C(O)N[C@@H](Cc2ccco2)C(=O)NCc2ccccc2CC(=O)N1. The van der Waals surface area contributed by atoms with Crippen LogP contribution in [0.1, 0.15) is 41.7 Å². The molecule has 0 spiro atoms. The van der Waals surface area contributed by atoms with Crippen LogP contribution in [-0.2, 0) is 54.5 Å². The Hall–Kier alpha value is -5.06. The van der Waals surface area contributed by atoms with Crippen molar-refractivity contribution in [2.24, 2.45) is 11.1 Å². The topological polar surface area (TPSA) is 217 Å². The molecule has 1 fully saturated rings. The van der Waals surface area contributed by atoms with Crippen LogP contribution in [0.3, 0.4) is 0 Å². The maximum absolute atomic E-state index is 14.0. The summed E-state index contributed by atoms with van der Waals surface area (Å²) in [6.07, 6.45) is 4.06. The molecular formula is C41H52ClN7O8. The minimum atomic E-state index is -1.26. The Labute approximate surface area is 337 Å². The Morgan fingerprint density at radius 3 is 2.56 bits per heavy atom. The molecule has 15 nitrogen and oxygen atoms in total. The molecular weight excluding hydrogens is 754 g/mol. The van der Waals surface area contributed by atoms with E-state index in [1.807, 2.05) is 12.1 Å². The first-order chi connectivity index (χ1) is 27.5. The monoisotopic (exact) mass is 805 g/mol. The van der Waals surface area contributed by atoms with Gasteiger partial charge in [0.1, 0.15) is 18.0 Å². The minimum Gasteiger partial charge on any atom is -0.469 e. The molecule has 2 bridgehead atoms. The first-order valence-corrected chi connectivity index (χ1v) is 19.6. The van der Waals surface area contributed by atoms with Gasteiger partial charge in [0.05, 0.1) is 31.9 Å². The summed E-state index contributed by atoms with van der Waals surface area (Å²) in [6, 6.07) is 15.9. The molecule has 2 aliphatic rings. The molecule has 5 amide bonds. The molecule has 57 heavy (non-hydrogen) atoms. The number of aliphatic hydroxyl groups excluding tert-OH is 1. The molecule has 5 rings (SSSR count). The standard InChI is InChI=1S/C41H52ClN7O8/c42-31-10-8-28(9-11-31)25-41-15-4-19-49(27-41)37(52)13-12-35(50)44-17-14-33(38(53)45-18-22-56-21-16-43)47-36(51)23-29-5-1-2-6-30(29)26-46-39(54)34(48-40(41)55)24-32-7-3-20-57-32/h1-3,5-13,20,33-34,40,48,55H,4,14-19,21-27,43H2,(H,44,50)(H,45,53)(H,46,54)(H,47,51)/b13-12+/t33-,34-,40?,41+/m0/s1. The number of ether oxygens (including phenoxy) is 1. The summed E-state index contributed by atoms with van der Waals surface area (Å²) < 4.78 is 10.9. The van der Waals surface area contributed by atoms with Crippen LogP contribution in [0.2, 0.25) is 5.02 Å². The summed E-state index contributed by atoms with van der Waals surface area (Å²) in [5.74, 6) is -1.79. The number of hydrogen-bond donors (Lipinski definition) is 7. The number of furan rings is 1. The molecule has 0 radical (unpaired) electrons. The minimum absolute atomic E-state index is 0.0208. The number of rotatable bonds is 10. The van der Waals surface area contributed by atoms with E-state index in [1.165, 1.54) is 12.3 Å². The number of nitrogens with two attached hydrogens (primary N) is 1. The Kier molecular flexibility index (Phi) is 16.2. The fourth-order valence-electron chi connectivity index (χ4n) is 7.15. The lowest BCUT2D eigenvalue weighted by atomic mass is 9.73. The van der Waals surface area contributed by atoms with Gasteiger partial charge in [-0.05, 0) is 66.6 Å². The van der Waals surface area contributed by atoms with E-state index in [9.17, 15) is 29.1 Å². The van der Waals surface area contributed by atoms with E-state index in [0.717, 1.165) is 11.6 Å². The number of piperidine rings is 1. The predicted molar refractivity (Wildman–Crippen MR) is 212 cm³/mol. The second-order valence-corrected chi connectivity index (χ2v) is 14.8. The number of hydrogen-bond acceptors (Lipinski definition) is 10. The van der Waals surface area contributed by atoms with Crippen LogP contribution < -0.4 is 32.3 Å². The summed E-state index contributed by atoms with van der Waals surface area (Å²) in [5.41, 5.74) is 6.71. The lowest BCUT2D eigenvalue weighted by Crippen LogP contribution is -2.60. The molecule has 4 atom stereocenters. The van der Waals surface area contributed by atoms with Crippen molar-refractivity contribution in [1.82, 2.24) is 31.5 Å². The number of aliphatic hydroxyl groups is 1. The number of carbonyl (C=O) groups excluding carboxylic acids is 5. The van der Waals surface area contributed by atoms with Crippen LogP contribution in [0.4, 0.5) is 0 Å². The van der Waals surface area contributed by atoms with E-state index in [0.29, 0.717) is 60.9 Å². The maximum atomic E-state index is 14.0. The summed E-state index contributed by atoms with van der Waals surface area (Å²) in [5, 5.41) is 27.1. The fraction of sp³-hybridized carbons (Fsp3) is 0.439. The zero-order chi connectivity index (χ0) is 40.6. The van der Waals surface area contributed by atoms with E-state index in [-0.39, 0.29) is 52.0 Å². The van der Waals surface area contributed by atoms with Gasteiger partial charge in [-0.1, -0.05) is 48.0 Å². The molecule has 306 valence electrons. The maximum Gasteiger partial charge on any atom is 0.246 e. The molecule has 2 aliphatic heterocycles. The highest BCUT2D eigenvalue weighted by Gasteiger charge is 2.44. The Morgan fingerprint density at radius 1 is 1.02 bits per heavy atom. The van der Waals surface area contributed by atoms with Gasteiger partial charge in [0.15, 0.2) is 0 Å². The number of amides is 5. The van der Waals surface area contributed by atoms with Crippen LogP contribution in [0.5, 0.6) is 0 Å². The third-order valence-electron chi connectivity index (χ3n) is 10.1. The van der Waals surface area contributed by atoms with Gasteiger partial charge >= 0.3 is 0 Å². The van der Waals surface area contributed by atoms with E-state index < -0.39 is 53.3 Å². The van der Waals surface area contributed by atoms with E-state index in [1.54, 1.807) is 53.4 Å². The number of halogens is 1. The molecule has 2 aromatic carbocycles. The zero-order valence-electron chi connectivity index (χ0n) is 31.8. The molecule has 16 heteroatoms. The third-order valence-corrected chi connectivity index (χ3v) is 10.4. The van der Waals surface area contributed by atoms with Crippen molar-refractivity contribution in [3.05, 3.63) is 107 Å². The number of nitrogens with one attached hydrogen (secondary N) is 5. The Balaban J connectivity index is 1.44. The highest BCUT2D eigenvalue weighted by atomic mass is 35.5. The average Bonchev–Trinajstić information content (AvgIpc) is 3.72. The zero-order valence-corrected chi connectivity index (χ0v) is 32.6. The molecule has 1 unspecified atom stereocenters. The third kappa shape index (κ3) is 13.0. The smallest absolute Gasteiger partial charge is 0.246 e. The number of nitrogens with zero attached hydrogens (tertiary/aromatic N) is 1. The lowest BCUT2D eigenvalue weighted by Gasteiger charge is -2.46. The van der Waals surface area contributed by atoms with Gasteiger partial charge < -0.3 is 46.2 Å². The highest BCUT2D eigenvalue weighted by molar-refractivity contribution is 6.30. The van der Waals surface area contributed by atoms with Gasteiger partial charge in [-0.2, -0.15) is 0 Å². The molecule has 1 saturated heterocycles. The van der Waals surface area contributed by atoms with E-state index in [4.69, 9.17) is 26.5 Å². The van der Waals surface area contributed by atoms with E-state index in [2.05, 4.69) is 26.6 Å². The molecule has 3 heterocycles. The van der Waals surface area contributed by atoms with Gasteiger partial charge in [0.2, 0.25) is 29.5 Å². The first-order valence-electron chi connectivity index (χ1n) is 19.2. The van der Waals surface area contributed by atoms with Crippen molar-refractivity contribution < 1.29 is 38.2 Å². The van der Waals surface area contributed by atoms with Crippen LogP contribution in [0.25, 0.3) is 0 Å². The number of benzene rings is 2. The quantitative estimate of drug-likeness (QED) is 0.145. The molecule has 0 saturated carbocycles. The van der Waals surface area contributed by atoms with Gasteiger partial charge in [0.25, 0.3) is 0 Å². The molecule has 3 aromatic rings. The van der Waals surface area contributed by atoms with Crippen molar-refractivity contribution in [2.45, 2.75) is 63.4 Å². The Bertz CT molecular complexity index is 1840. The van der Waals surface area contributed by atoms with Gasteiger partial charge in [-0.25, -0.2) is 0 Å². The van der Waals surface area contributed by atoms with Crippen molar-refractivity contribution in [2.75, 3.05) is 45.9 Å². The second-order valence-electron chi connectivity index (χ2n) is 14.3. The second kappa shape index (κ2) is 21.5. The lowest BCUT2D eigenvalue weighted by molar-refractivity contribution is -0.135. The number of carbonyl (C=O) groups is 5. The summed E-state index contributed by atoms with van der Waals surface area (Å²) in [6.45, 7) is 1.71. The normalized spacial score (nSPS) is 23.5. The van der Waals surface area contributed by atoms with Crippen molar-refractivity contribution in [3.8, 4) is 0 Å². The molecule has 0 aliphatic carbocycles. The van der Waals surface area contributed by atoms with Crippen molar-refractivity contribution >= 4 is 41.1 Å². The summed E-state index contributed by atoms with van der Waals surface area (Å²) in [4.78, 5) is 68.7. The first kappa shape index (κ1) is 43.1. The number of fused-ring (bicyclic) bond motifs is 3.